The maximum Gasteiger partial charge on any atom is 0.225 e. The molecule has 0 bridgehead atoms. The molecule has 2 rings (SSSR count). The van der Waals surface area contributed by atoms with Crippen LogP contribution in [-0.4, -0.2) is 36.5 Å². The Morgan fingerprint density at radius 2 is 2.12 bits per heavy atom. The molecule has 92 valence electrons. The first-order valence-electron chi connectivity index (χ1n) is 6.69. The smallest absolute Gasteiger partial charge is 0.225 e. The lowest BCUT2D eigenvalue weighted by atomic mass is 10.1. The molecule has 0 aromatic rings. The zero-order valence-corrected chi connectivity index (χ0v) is 10.5. The van der Waals surface area contributed by atoms with Crippen molar-refractivity contribution in [3.05, 3.63) is 0 Å². The summed E-state index contributed by atoms with van der Waals surface area (Å²) in [7, 11) is 0. The minimum Gasteiger partial charge on any atom is -0.341 e. The van der Waals surface area contributed by atoms with E-state index in [2.05, 4.69) is 24.1 Å². The van der Waals surface area contributed by atoms with Crippen LogP contribution in [0, 0.1) is 11.8 Å². The predicted molar refractivity (Wildman–Crippen MR) is 65.2 cm³/mol. The van der Waals surface area contributed by atoms with Gasteiger partial charge < -0.3 is 10.2 Å². The quantitative estimate of drug-likeness (QED) is 0.770. The number of carbonyl (C=O) groups is 1. The van der Waals surface area contributed by atoms with Gasteiger partial charge in [0.2, 0.25) is 5.91 Å². The van der Waals surface area contributed by atoms with Crippen molar-refractivity contribution in [3.63, 3.8) is 0 Å². The minimum absolute atomic E-state index is 0.361. The molecule has 1 amide bonds. The minimum atomic E-state index is 0.361. The van der Waals surface area contributed by atoms with E-state index in [-0.39, 0.29) is 0 Å². The number of hydrogen-bond donors (Lipinski definition) is 1. The van der Waals surface area contributed by atoms with Crippen LogP contribution < -0.4 is 5.32 Å². The van der Waals surface area contributed by atoms with Crippen LogP contribution in [0.5, 0.6) is 0 Å². The van der Waals surface area contributed by atoms with E-state index in [1.54, 1.807) is 0 Å². The highest BCUT2D eigenvalue weighted by Gasteiger charge is 2.34. The Hall–Kier alpha value is -0.570. The Labute approximate surface area is 98.6 Å². The van der Waals surface area contributed by atoms with Crippen molar-refractivity contribution in [2.45, 2.75) is 45.6 Å². The average molecular weight is 224 g/mol. The first-order chi connectivity index (χ1) is 7.66. The van der Waals surface area contributed by atoms with Crippen molar-refractivity contribution in [2.24, 2.45) is 11.8 Å². The molecule has 0 aromatic carbocycles. The summed E-state index contributed by atoms with van der Waals surface area (Å²) in [4.78, 5) is 14.2. The zero-order chi connectivity index (χ0) is 11.5. The van der Waals surface area contributed by atoms with E-state index < -0.39 is 0 Å². The maximum atomic E-state index is 12.1. The highest BCUT2D eigenvalue weighted by molar-refractivity contribution is 5.81. The summed E-state index contributed by atoms with van der Waals surface area (Å²) in [6, 6.07) is 0.543. The summed E-state index contributed by atoms with van der Waals surface area (Å²) >= 11 is 0. The molecule has 0 spiro atoms. The molecule has 3 heteroatoms. The largest absolute Gasteiger partial charge is 0.341 e. The van der Waals surface area contributed by atoms with Gasteiger partial charge >= 0.3 is 0 Å². The van der Waals surface area contributed by atoms with Gasteiger partial charge in [0.15, 0.2) is 0 Å². The van der Waals surface area contributed by atoms with E-state index in [4.69, 9.17) is 0 Å². The van der Waals surface area contributed by atoms with Gasteiger partial charge in [-0.05, 0) is 38.1 Å². The summed E-state index contributed by atoms with van der Waals surface area (Å²) in [5.74, 6) is 1.34. The molecule has 1 saturated carbocycles. The van der Waals surface area contributed by atoms with E-state index in [1.807, 2.05) is 0 Å². The second-order valence-corrected chi connectivity index (χ2v) is 5.70. The molecule has 1 heterocycles. The van der Waals surface area contributed by atoms with Crippen LogP contribution in [-0.2, 0) is 4.79 Å². The molecular formula is C13H24N2O. The number of nitrogens with one attached hydrogen (secondary N) is 1. The highest BCUT2D eigenvalue weighted by Crippen LogP contribution is 2.31. The molecule has 1 atom stereocenters. The van der Waals surface area contributed by atoms with Gasteiger partial charge in [0.1, 0.15) is 0 Å². The summed E-state index contributed by atoms with van der Waals surface area (Å²) < 4.78 is 0. The Morgan fingerprint density at radius 3 is 2.62 bits per heavy atom. The third-order valence-electron chi connectivity index (χ3n) is 3.43. The number of hydrogen-bond acceptors (Lipinski definition) is 2. The number of nitrogens with zero attached hydrogens (tertiary/aromatic N) is 1. The third kappa shape index (κ3) is 3.21. The summed E-state index contributed by atoms with van der Waals surface area (Å²) in [6.07, 6.45) is 4.72. The molecule has 1 N–H and O–H groups in total. The fourth-order valence-electron chi connectivity index (χ4n) is 2.46. The first-order valence-corrected chi connectivity index (χ1v) is 6.69. The van der Waals surface area contributed by atoms with Gasteiger partial charge in [-0.25, -0.2) is 0 Å². The lowest BCUT2D eigenvalue weighted by Gasteiger charge is -2.27. The van der Waals surface area contributed by atoms with Gasteiger partial charge in [-0.1, -0.05) is 13.8 Å². The molecule has 1 aliphatic carbocycles. The van der Waals surface area contributed by atoms with Crippen molar-refractivity contribution in [3.8, 4) is 0 Å². The number of rotatable bonds is 5. The van der Waals surface area contributed by atoms with Crippen LogP contribution in [0.1, 0.15) is 39.5 Å². The second kappa shape index (κ2) is 5.17. The second-order valence-electron chi connectivity index (χ2n) is 5.70. The topological polar surface area (TPSA) is 32.3 Å². The summed E-state index contributed by atoms with van der Waals surface area (Å²) in [6.45, 7) is 7.35. The average Bonchev–Trinajstić information content (AvgIpc) is 2.95. The molecule has 1 saturated heterocycles. The molecule has 3 nitrogen and oxygen atoms in total. The van der Waals surface area contributed by atoms with Gasteiger partial charge in [0.25, 0.3) is 0 Å². The van der Waals surface area contributed by atoms with Crippen LogP contribution in [0.15, 0.2) is 0 Å². The third-order valence-corrected chi connectivity index (χ3v) is 3.43. The Bertz CT molecular complexity index is 242. The summed E-state index contributed by atoms with van der Waals surface area (Å²) in [5, 5.41) is 3.48. The van der Waals surface area contributed by atoms with Crippen LogP contribution in [0.2, 0.25) is 0 Å². The standard InChI is InChI=1S/C13H24N2O/c1-10(2)8-15(13(16)11-5-6-11)9-12-4-3-7-14-12/h10-12,14H,3-9H2,1-2H3. The molecule has 2 fully saturated rings. The van der Waals surface area contributed by atoms with Crippen molar-refractivity contribution < 1.29 is 4.79 Å². The lowest BCUT2D eigenvalue weighted by molar-refractivity contribution is -0.133. The molecule has 2 aliphatic rings. The first kappa shape index (κ1) is 11.9. The fraction of sp³-hybridized carbons (Fsp3) is 0.923. The van der Waals surface area contributed by atoms with Crippen molar-refractivity contribution in [2.75, 3.05) is 19.6 Å². The van der Waals surface area contributed by atoms with Gasteiger partial charge in [-0.15, -0.1) is 0 Å². The predicted octanol–water partition coefficient (Wildman–Crippen LogP) is 1.63. The molecule has 1 unspecified atom stereocenters. The van der Waals surface area contributed by atoms with E-state index in [9.17, 15) is 4.79 Å². The van der Waals surface area contributed by atoms with E-state index in [1.165, 1.54) is 12.8 Å². The monoisotopic (exact) mass is 224 g/mol. The van der Waals surface area contributed by atoms with Crippen LogP contribution in [0.3, 0.4) is 0 Å². The zero-order valence-electron chi connectivity index (χ0n) is 10.5. The highest BCUT2D eigenvalue weighted by atomic mass is 16.2. The van der Waals surface area contributed by atoms with Gasteiger partial charge in [-0.3, -0.25) is 4.79 Å². The van der Waals surface area contributed by atoms with E-state index >= 15 is 0 Å². The summed E-state index contributed by atoms with van der Waals surface area (Å²) in [5.41, 5.74) is 0. The van der Waals surface area contributed by atoms with Gasteiger partial charge in [0, 0.05) is 25.0 Å². The normalized spacial score (nSPS) is 25.1. The molecule has 0 radical (unpaired) electrons. The van der Waals surface area contributed by atoms with Crippen LogP contribution >= 0.6 is 0 Å². The maximum absolute atomic E-state index is 12.1. The molecule has 1 aliphatic heterocycles. The molecular weight excluding hydrogens is 200 g/mol. The fourth-order valence-corrected chi connectivity index (χ4v) is 2.46. The van der Waals surface area contributed by atoms with E-state index in [0.717, 1.165) is 32.5 Å². The lowest BCUT2D eigenvalue weighted by Crippen LogP contribution is -2.43. The SMILES string of the molecule is CC(C)CN(CC1CCCN1)C(=O)C1CC1. The van der Waals surface area contributed by atoms with E-state index in [0.29, 0.717) is 23.8 Å². The Kier molecular flexibility index (Phi) is 3.85. The van der Waals surface area contributed by atoms with Gasteiger partial charge in [-0.2, -0.15) is 0 Å². The Morgan fingerprint density at radius 1 is 1.38 bits per heavy atom. The van der Waals surface area contributed by atoms with Crippen molar-refractivity contribution >= 4 is 5.91 Å². The van der Waals surface area contributed by atoms with Crippen LogP contribution in [0.25, 0.3) is 0 Å². The van der Waals surface area contributed by atoms with Gasteiger partial charge in [0.05, 0.1) is 0 Å². The molecule has 16 heavy (non-hydrogen) atoms. The van der Waals surface area contributed by atoms with Crippen molar-refractivity contribution in [1.29, 1.82) is 0 Å². The Balaban J connectivity index is 1.87. The van der Waals surface area contributed by atoms with Crippen LogP contribution in [0.4, 0.5) is 0 Å². The van der Waals surface area contributed by atoms with Crippen molar-refractivity contribution in [1.82, 2.24) is 10.2 Å². The number of carbonyl (C=O) groups excluding carboxylic acids is 1. The molecule has 0 aromatic heterocycles. The number of amides is 1.